The summed E-state index contributed by atoms with van der Waals surface area (Å²) in [4.78, 5) is 14.7. The highest BCUT2D eigenvalue weighted by atomic mass is 32.2. The van der Waals surface area contributed by atoms with E-state index in [1.165, 1.54) is 24.6 Å². The van der Waals surface area contributed by atoms with Gasteiger partial charge in [0.05, 0.1) is 11.4 Å². The predicted molar refractivity (Wildman–Crippen MR) is 118 cm³/mol. The molecule has 1 amide bonds. The number of hydrogen-bond acceptors (Lipinski definition) is 6. The van der Waals surface area contributed by atoms with Crippen LogP contribution >= 0.6 is 34.9 Å². The molecule has 0 aliphatic heterocycles. The number of fused-ring (bicyclic) bond motifs is 1. The minimum atomic E-state index is 0.0919. The van der Waals surface area contributed by atoms with Crippen molar-refractivity contribution in [2.75, 3.05) is 23.0 Å². The van der Waals surface area contributed by atoms with Gasteiger partial charge in [-0.1, -0.05) is 84.6 Å². The summed E-state index contributed by atoms with van der Waals surface area (Å²) < 4.78 is 1.84. The molecule has 27 heavy (non-hydrogen) atoms. The van der Waals surface area contributed by atoms with Gasteiger partial charge in [0, 0.05) is 17.7 Å². The van der Waals surface area contributed by atoms with Crippen LogP contribution in [0.15, 0.2) is 51.1 Å². The fourth-order valence-corrected chi connectivity index (χ4v) is 5.79. The summed E-state index contributed by atoms with van der Waals surface area (Å²) in [5.41, 5.74) is 0.967. The summed E-state index contributed by atoms with van der Waals surface area (Å²) in [5.74, 6) is 1.53. The van der Waals surface area contributed by atoms with Crippen molar-refractivity contribution in [2.45, 2.75) is 35.4 Å². The van der Waals surface area contributed by atoms with Crippen LogP contribution in [0, 0.1) is 0 Å². The van der Waals surface area contributed by atoms with Crippen molar-refractivity contribution in [3.8, 4) is 0 Å². The summed E-state index contributed by atoms with van der Waals surface area (Å²) in [6.45, 7) is 4.84. The van der Waals surface area contributed by atoms with E-state index in [0.717, 1.165) is 30.9 Å². The zero-order valence-electron chi connectivity index (χ0n) is 15.6. The lowest BCUT2D eigenvalue weighted by atomic mass is 10.1. The first-order chi connectivity index (χ1) is 13.2. The molecule has 0 radical (unpaired) electrons. The molecule has 0 aliphatic rings. The molecule has 7 heteroatoms. The maximum Gasteiger partial charge on any atom is 0.237 e. The minimum absolute atomic E-state index is 0.0919. The van der Waals surface area contributed by atoms with Crippen LogP contribution in [0.25, 0.3) is 10.8 Å². The van der Waals surface area contributed by atoms with Gasteiger partial charge in [0.1, 0.15) is 0 Å². The molecule has 0 bridgehead atoms. The Bertz CT molecular complexity index is 892. The van der Waals surface area contributed by atoms with E-state index < -0.39 is 0 Å². The first kappa shape index (κ1) is 20.2. The molecule has 0 saturated carbocycles. The van der Waals surface area contributed by atoms with Crippen molar-refractivity contribution < 1.29 is 4.79 Å². The van der Waals surface area contributed by atoms with Gasteiger partial charge in [-0.25, -0.2) is 0 Å². The van der Waals surface area contributed by atoms with Crippen LogP contribution in [0.2, 0.25) is 0 Å². The zero-order valence-corrected chi connectivity index (χ0v) is 18.0. The normalized spacial score (nSPS) is 11.0. The van der Waals surface area contributed by atoms with Gasteiger partial charge in [-0.2, -0.15) is 0 Å². The van der Waals surface area contributed by atoms with Gasteiger partial charge < -0.3 is 4.90 Å². The number of benzene rings is 2. The van der Waals surface area contributed by atoms with Crippen molar-refractivity contribution in [1.29, 1.82) is 0 Å². The third-order valence-electron chi connectivity index (χ3n) is 4.11. The van der Waals surface area contributed by atoms with Gasteiger partial charge in [-0.3, -0.25) is 4.79 Å². The lowest BCUT2D eigenvalue weighted by Gasteiger charge is -2.22. The maximum absolute atomic E-state index is 12.9. The van der Waals surface area contributed by atoms with Crippen LogP contribution in [-0.4, -0.2) is 34.2 Å². The summed E-state index contributed by atoms with van der Waals surface area (Å²) in [6, 6.07) is 14.3. The van der Waals surface area contributed by atoms with Crippen molar-refractivity contribution in [3.05, 3.63) is 42.5 Å². The largest absolute Gasteiger partial charge is 0.311 e. The number of aromatic nitrogens is 2. The second-order valence-corrected chi connectivity index (χ2v) is 9.50. The lowest BCUT2D eigenvalue weighted by Crippen LogP contribution is -2.32. The van der Waals surface area contributed by atoms with Crippen LogP contribution in [0.1, 0.15) is 26.7 Å². The van der Waals surface area contributed by atoms with E-state index in [2.05, 4.69) is 35.3 Å². The number of nitrogens with zero attached hydrogens (tertiary/aromatic N) is 3. The van der Waals surface area contributed by atoms with E-state index in [9.17, 15) is 4.79 Å². The van der Waals surface area contributed by atoms with Crippen molar-refractivity contribution in [1.82, 2.24) is 10.2 Å². The minimum Gasteiger partial charge on any atom is -0.311 e. The smallest absolute Gasteiger partial charge is 0.237 e. The highest BCUT2D eigenvalue weighted by Gasteiger charge is 2.17. The molecule has 0 atom stereocenters. The number of unbranched alkanes of at least 4 members (excludes halogenated alkanes) is 1. The number of carbonyl (C=O) groups excluding carboxylic acids is 1. The molecule has 1 heterocycles. The van der Waals surface area contributed by atoms with E-state index >= 15 is 0 Å². The lowest BCUT2D eigenvalue weighted by molar-refractivity contribution is -0.116. The van der Waals surface area contributed by atoms with E-state index in [0.29, 0.717) is 12.3 Å². The summed E-state index contributed by atoms with van der Waals surface area (Å²) >= 11 is 4.79. The van der Waals surface area contributed by atoms with Gasteiger partial charge >= 0.3 is 0 Å². The highest BCUT2D eigenvalue weighted by molar-refractivity contribution is 8.03. The average Bonchev–Trinajstić information content (AvgIpc) is 3.15. The van der Waals surface area contributed by atoms with Gasteiger partial charge in [0.15, 0.2) is 8.68 Å². The number of rotatable bonds is 9. The Morgan fingerprint density at radius 2 is 1.78 bits per heavy atom. The summed E-state index contributed by atoms with van der Waals surface area (Å²) in [6.07, 6.45) is 2.37. The molecule has 0 N–H and O–H groups in total. The zero-order chi connectivity index (χ0) is 19.1. The Morgan fingerprint density at radius 1 is 1.04 bits per heavy atom. The molecule has 0 unspecified atom stereocenters. The first-order valence-corrected chi connectivity index (χ1v) is 11.9. The Morgan fingerprint density at radius 3 is 2.56 bits per heavy atom. The fourth-order valence-electron chi connectivity index (χ4n) is 2.74. The van der Waals surface area contributed by atoms with Crippen molar-refractivity contribution in [3.63, 3.8) is 0 Å². The monoisotopic (exact) mass is 417 g/mol. The molecule has 1 aromatic heterocycles. The third-order valence-corrected chi connectivity index (χ3v) is 7.37. The molecule has 0 aliphatic carbocycles. The van der Waals surface area contributed by atoms with Gasteiger partial charge in [-0.15, -0.1) is 10.2 Å². The molecule has 2 aromatic carbocycles. The number of amides is 1. The third kappa shape index (κ3) is 5.24. The SMILES string of the molecule is CCCCSc1nnc(SCC(=O)N(CC)c2cccc3ccccc23)s1. The van der Waals surface area contributed by atoms with Gasteiger partial charge in [0.2, 0.25) is 5.91 Å². The van der Waals surface area contributed by atoms with E-state index in [4.69, 9.17) is 0 Å². The Kier molecular flexibility index (Phi) is 7.55. The molecular formula is C20H23N3OS3. The Hall–Kier alpha value is -1.57. The molecular weight excluding hydrogens is 394 g/mol. The number of thioether (sulfide) groups is 2. The standard InChI is InChI=1S/C20H23N3OS3/c1-3-5-13-25-19-21-22-20(27-19)26-14-18(24)23(4-2)17-12-8-10-15-9-6-7-11-16(15)17/h6-12H,3-5,13-14H2,1-2H3. The second-order valence-electron chi connectivity index (χ2n) is 5.96. The van der Waals surface area contributed by atoms with Crippen molar-refractivity contribution >= 4 is 57.2 Å². The molecule has 3 rings (SSSR count). The topological polar surface area (TPSA) is 46.1 Å². The van der Waals surface area contributed by atoms with Crippen LogP contribution in [0.5, 0.6) is 0 Å². The quantitative estimate of drug-likeness (QED) is 0.329. The molecule has 4 nitrogen and oxygen atoms in total. The molecule has 0 spiro atoms. The summed E-state index contributed by atoms with van der Waals surface area (Å²) in [5, 5.41) is 10.7. The predicted octanol–water partition coefficient (Wildman–Crippen LogP) is 5.73. The van der Waals surface area contributed by atoms with E-state index in [1.54, 1.807) is 23.1 Å². The second kappa shape index (κ2) is 10.1. The molecule has 0 saturated heterocycles. The van der Waals surface area contributed by atoms with Crippen LogP contribution in [-0.2, 0) is 4.79 Å². The Balaban J connectivity index is 1.65. The summed E-state index contributed by atoms with van der Waals surface area (Å²) in [7, 11) is 0. The van der Waals surface area contributed by atoms with E-state index in [-0.39, 0.29) is 5.91 Å². The average molecular weight is 418 g/mol. The molecule has 0 fully saturated rings. The highest BCUT2D eigenvalue weighted by Crippen LogP contribution is 2.31. The number of hydrogen-bond donors (Lipinski definition) is 0. The Labute approximate surface area is 172 Å². The number of anilines is 1. The van der Waals surface area contributed by atoms with Gasteiger partial charge in [-0.05, 0) is 24.8 Å². The first-order valence-electron chi connectivity index (χ1n) is 9.10. The maximum atomic E-state index is 12.9. The number of carbonyl (C=O) groups is 1. The van der Waals surface area contributed by atoms with E-state index in [1.807, 2.05) is 36.1 Å². The molecule has 142 valence electrons. The van der Waals surface area contributed by atoms with Gasteiger partial charge in [0.25, 0.3) is 0 Å². The van der Waals surface area contributed by atoms with Crippen LogP contribution < -0.4 is 4.90 Å². The van der Waals surface area contributed by atoms with Crippen LogP contribution in [0.4, 0.5) is 5.69 Å². The van der Waals surface area contributed by atoms with Crippen LogP contribution in [0.3, 0.4) is 0 Å². The fraction of sp³-hybridized carbons (Fsp3) is 0.350. The molecule has 3 aromatic rings. The van der Waals surface area contributed by atoms with Crippen molar-refractivity contribution in [2.24, 2.45) is 0 Å².